The Hall–Kier alpha value is -1.79. The zero-order valence-corrected chi connectivity index (χ0v) is 12.8. The van der Waals surface area contributed by atoms with Crippen molar-refractivity contribution in [3.8, 4) is 0 Å². The van der Waals surface area contributed by atoms with Gasteiger partial charge in [-0.3, -0.25) is 4.79 Å². The predicted octanol–water partition coefficient (Wildman–Crippen LogP) is 2.31. The van der Waals surface area contributed by atoms with E-state index in [0.717, 1.165) is 23.0 Å². The minimum atomic E-state index is 0.0220. The Balaban J connectivity index is 1.38. The standard InChI is InChI=1S/C16H17N3O2S/c20-16(19-14-6-12-5-11(14)7-18-12)10-1-3-13(4-2-10)22-15-8-17-9-21-15/h1-4,8-9,11-12,14,18H,5-7H2,(H,19,20). The van der Waals surface area contributed by atoms with E-state index in [0.29, 0.717) is 23.6 Å². The molecule has 2 N–H and O–H groups in total. The normalized spacial score (nSPS) is 26.3. The van der Waals surface area contributed by atoms with Crippen molar-refractivity contribution in [1.29, 1.82) is 0 Å². The van der Waals surface area contributed by atoms with Crippen LogP contribution in [0.2, 0.25) is 0 Å². The van der Waals surface area contributed by atoms with E-state index in [4.69, 9.17) is 4.42 Å². The number of benzene rings is 1. The summed E-state index contributed by atoms with van der Waals surface area (Å²) in [7, 11) is 0. The van der Waals surface area contributed by atoms with E-state index >= 15 is 0 Å². The van der Waals surface area contributed by atoms with Gasteiger partial charge in [-0.1, -0.05) is 11.8 Å². The molecule has 1 aliphatic heterocycles. The minimum absolute atomic E-state index is 0.0220. The number of carbonyl (C=O) groups is 1. The summed E-state index contributed by atoms with van der Waals surface area (Å²) >= 11 is 1.49. The van der Waals surface area contributed by atoms with Gasteiger partial charge < -0.3 is 15.1 Å². The molecule has 3 unspecified atom stereocenters. The summed E-state index contributed by atoms with van der Waals surface area (Å²) in [6.45, 7) is 1.03. The van der Waals surface area contributed by atoms with Crippen molar-refractivity contribution in [2.45, 2.75) is 34.9 Å². The van der Waals surface area contributed by atoms with Crippen molar-refractivity contribution in [1.82, 2.24) is 15.6 Å². The summed E-state index contributed by atoms with van der Waals surface area (Å²) in [5.74, 6) is 0.615. The number of nitrogens with one attached hydrogen (secondary N) is 2. The molecule has 2 bridgehead atoms. The maximum absolute atomic E-state index is 12.3. The quantitative estimate of drug-likeness (QED) is 0.906. The van der Waals surface area contributed by atoms with Crippen molar-refractivity contribution in [2.24, 2.45) is 5.92 Å². The van der Waals surface area contributed by atoms with Crippen LogP contribution in [-0.2, 0) is 0 Å². The Morgan fingerprint density at radius 3 is 2.82 bits per heavy atom. The fourth-order valence-electron chi connectivity index (χ4n) is 3.31. The van der Waals surface area contributed by atoms with Crippen LogP contribution in [0.1, 0.15) is 23.2 Å². The highest BCUT2D eigenvalue weighted by Gasteiger charge is 2.39. The molecule has 0 radical (unpaired) electrons. The number of nitrogens with zero attached hydrogens (tertiary/aromatic N) is 1. The SMILES string of the molecule is O=C(NC1CC2CC1CN2)c1ccc(Sc2cnco2)cc1. The van der Waals surface area contributed by atoms with Crippen molar-refractivity contribution in [2.75, 3.05) is 6.54 Å². The number of fused-ring (bicyclic) bond motifs is 2. The highest BCUT2D eigenvalue weighted by Crippen LogP contribution is 2.31. The molecule has 5 nitrogen and oxygen atoms in total. The molecule has 1 saturated heterocycles. The van der Waals surface area contributed by atoms with Gasteiger partial charge in [-0.15, -0.1) is 0 Å². The van der Waals surface area contributed by atoms with Gasteiger partial charge in [0, 0.05) is 29.1 Å². The fourth-order valence-corrected chi connectivity index (χ4v) is 4.02. The van der Waals surface area contributed by atoms with Gasteiger partial charge in [0.15, 0.2) is 11.5 Å². The van der Waals surface area contributed by atoms with Gasteiger partial charge in [-0.05, 0) is 43.0 Å². The molecule has 1 saturated carbocycles. The molecule has 6 heteroatoms. The first-order valence-electron chi connectivity index (χ1n) is 7.48. The predicted molar refractivity (Wildman–Crippen MR) is 82.8 cm³/mol. The molecule has 2 aromatic rings. The van der Waals surface area contributed by atoms with E-state index in [2.05, 4.69) is 15.6 Å². The fraction of sp³-hybridized carbons (Fsp3) is 0.375. The molecule has 4 rings (SSSR count). The van der Waals surface area contributed by atoms with Crippen LogP contribution >= 0.6 is 11.8 Å². The van der Waals surface area contributed by atoms with Crippen molar-refractivity contribution in [3.63, 3.8) is 0 Å². The molecule has 1 aromatic heterocycles. The number of aromatic nitrogens is 1. The third-order valence-corrected chi connectivity index (χ3v) is 5.34. The van der Waals surface area contributed by atoms with Crippen LogP contribution in [0, 0.1) is 5.92 Å². The van der Waals surface area contributed by atoms with Gasteiger partial charge in [0.1, 0.15) is 0 Å². The molecule has 1 aliphatic carbocycles. The van der Waals surface area contributed by atoms with Crippen LogP contribution in [0.15, 0.2) is 51.3 Å². The van der Waals surface area contributed by atoms with Crippen molar-refractivity contribution in [3.05, 3.63) is 42.4 Å². The summed E-state index contributed by atoms with van der Waals surface area (Å²) in [6.07, 6.45) is 5.33. The topological polar surface area (TPSA) is 67.2 Å². The average Bonchev–Trinajstić information content (AvgIpc) is 3.25. The first-order valence-corrected chi connectivity index (χ1v) is 8.30. The van der Waals surface area contributed by atoms with Crippen molar-refractivity contribution >= 4 is 17.7 Å². The van der Waals surface area contributed by atoms with Gasteiger partial charge in [0.05, 0.1) is 6.20 Å². The van der Waals surface area contributed by atoms with E-state index in [-0.39, 0.29) is 5.91 Å². The Labute approximate surface area is 132 Å². The Kier molecular flexibility index (Phi) is 3.63. The van der Waals surface area contributed by atoms with Gasteiger partial charge in [0.25, 0.3) is 5.91 Å². The van der Waals surface area contributed by atoms with Gasteiger partial charge >= 0.3 is 0 Å². The van der Waals surface area contributed by atoms with Crippen LogP contribution in [0.3, 0.4) is 0 Å². The van der Waals surface area contributed by atoms with Gasteiger partial charge in [-0.25, -0.2) is 4.98 Å². The number of hydrogen-bond acceptors (Lipinski definition) is 5. The summed E-state index contributed by atoms with van der Waals surface area (Å²) in [5.41, 5.74) is 0.706. The molecule has 22 heavy (non-hydrogen) atoms. The largest absolute Gasteiger partial charge is 0.437 e. The van der Waals surface area contributed by atoms with Crippen LogP contribution in [0.25, 0.3) is 0 Å². The number of oxazole rings is 1. The lowest BCUT2D eigenvalue weighted by molar-refractivity contribution is 0.0925. The highest BCUT2D eigenvalue weighted by atomic mass is 32.2. The Bertz CT molecular complexity index is 657. The maximum Gasteiger partial charge on any atom is 0.251 e. The Morgan fingerprint density at radius 2 is 2.18 bits per heavy atom. The summed E-state index contributed by atoms with van der Waals surface area (Å²) < 4.78 is 5.20. The molecular formula is C16H17N3O2S. The summed E-state index contributed by atoms with van der Waals surface area (Å²) in [5, 5.41) is 7.38. The monoisotopic (exact) mass is 315 g/mol. The van der Waals surface area contributed by atoms with E-state index < -0.39 is 0 Å². The second kappa shape index (κ2) is 5.78. The first kappa shape index (κ1) is 13.8. The molecule has 2 aliphatic rings. The van der Waals surface area contributed by atoms with E-state index in [1.165, 1.54) is 24.6 Å². The number of amides is 1. The van der Waals surface area contributed by atoms with Crippen LogP contribution in [-0.4, -0.2) is 29.5 Å². The molecule has 2 heterocycles. The van der Waals surface area contributed by atoms with Crippen LogP contribution in [0.5, 0.6) is 0 Å². The van der Waals surface area contributed by atoms with Crippen LogP contribution in [0.4, 0.5) is 0 Å². The van der Waals surface area contributed by atoms with E-state index in [1.807, 2.05) is 24.3 Å². The average molecular weight is 315 g/mol. The lowest BCUT2D eigenvalue weighted by atomic mass is 10.0. The second-order valence-electron chi connectivity index (χ2n) is 5.86. The molecule has 2 fully saturated rings. The van der Waals surface area contributed by atoms with Gasteiger partial charge in [-0.2, -0.15) is 0 Å². The number of hydrogen-bond donors (Lipinski definition) is 2. The zero-order chi connectivity index (χ0) is 14.9. The third-order valence-electron chi connectivity index (χ3n) is 4.42. The summed E-state index contributed by atoms with van der Waals surface area (Å²) in [6, 6.07) is 8.51. The number of rotatable bonds is 4. The number of carbonyl (C=O) groups excluding carboxylic acids is 1. The third kappa shape index (κ3) is 2.76. The van der Waals surface area contributed by atoms with E-state index in [9.17, 15) is 4.79 Å². The first-order chi connectivity index (χ1) is 10.8. The molecular weight excluding hydrogens is 298 g/mol. The molecule has 0 spiro atoms. The van der Waals surface area contributed by atoms with Crippen molar-refractivity contribution < 1.29 is 9.21 Å². The molecule has 1 amide bonds. The minimum Gasteiger partial charge on any atom is -0.437 e. The summed E-state index contributed by atoms with van der Waals surface area (Å²) in [4.78, 5) is 17.2. The molecule has 114 valence electrons. The maximum atomic E-state index is 12.3. The lowest BCUT2D eigenvalue weighted by Gasteiger charge is -2.23. The zero-order valence-electron chi connectivity index (χ0n) is 12.0. The molecule has 1 aromatic carbocycles. The lowest BCUT2D eigenvalue weighted by Crippen LogP contribution is -2.44. The number of piperidine rings is 1. The highest BCUT2D eigenvalue weighted by molar-refractivity contribution is 7.99. The second-order valence-corrected chi connectivity index (χ2v) is 6.94. The van der Waals surface area contributed by atoms with Crippen LogP contribution < -0.4 is 10.6 Å². The van der Waals surface area contributed by atoms with Gasteiger partial charge in [0.2, 0.25) is 0 Å². The Morgan fingerprint density at radius 1 is 1.32 bits per heavy atom. The molecule has 3 atom stereocenters. The van der Waals surface area contributed by atoms with E-state index in [1.54, 1.807) is 6.20 Å². The smallest absolute Gasteiger partial charge is 0.251 e.